The number of aliphatic hydroxyl groups is 1. The van der Waals surface area contributed by atoms with Crippen molar-refractivity contribution in [2.45, 2.75) is 51.2 Å². The zero-order valence-electron chi connectivity index (χ0n) is 11.1. The zero-order valence-corrected chi connectivity index (χ0v) is 12.0. The molecule has 1 heterocycles. The molecule has 0 saturated carbocycles. The number of nitrogens with zero attached hydrogens (tertiary/aromatic N) is 1. The monoisotopic (exact) mass is 263 g/mol. The first-order valence-electron chi connectivity index (χ1n) is 6.41. The summed E-state index contributed by atoms with van der Waals surface area (Å²) in [6, 6.07) is 0.372. The Balaban J connectivity index is 2.41. The Labute approximate surface area is 105 Å². The van der Waals surface area contributed by atoms with Gasteiger partial charge < -0.3 is 10.0 Å². The van der Waals surface area contributed by atoms with E-state index in [-0.39, 0.29) is 11.5 Å². The minimum Gasteiger partial charge on any atom is -0.390 e. The van der Waals surface area contributed by atoms with Gasteiger partial charge in [0, 0.05) is 18.3 Å². The van der Waals surface area contributed by atoms with Crippen LogP contribution in [0.15, 0.2) is 0 Å². The van der Waals surface area contributed by atoms with Crippen molar-refractivity contribution in [1.82, 2.24) is 4.90 Å². The summed E-state index contributed by atoms with van der Waals surface area (Å²) in [6.45, 7) is 4.66. The van der Waals surface area contributed by atoms with Crippen LogP contribution < -0.4 is 0 Å². The highest BCUT2D eigenvalue weighted by Gasteiger charge is 2.34. The van der Waals surface area contributed by atoms with Crippen LogP contribution in [0.2, 0.25) is 0 Å². The van der Waals surface area contributed by atoms with Crippen LogP contribution in [0.5, 0.6) is 0 Å². The molecule has 1 rings (SSSR count). The van der Waals surface area contributed by atoms with Gasteiger partial charge in [-0.3, -0.25) is 0 Å². The van der Waals surface area contributed by atoms with Crippen molar-refractivity contribution in [1.29, 1.82) is 0 Å². The second-order valence-corrected chi connectivity index (χ2v) is 7.82. The Hall–Kier alpha value is -0.130. The minimum absolute atomic E-state index is 0.199. The standard InChI is InChI=1S/C12H25NO3S/c1-4-17(15,16)9-5-6-12(14)7-8-13(3)11(2)10-12/h11,14H,4-10H2,1-3H3. The van der Waals surface area contributed by atoms with Crippen LogP contribution in [-0.4, -0.2) is 55.2 Å². The summed E-state index contributed by atoms with van der Waals surface area (Å²) in [5.41, 5.74) is -0.658. The maximum Gasteiger partial charge on any atom is 0.150 e. The lowest BCUT2D eigenvalue weighted by molar-refractivity contribution is -0.0421. The molecule has 1 aliphatic heterocycles. The largest absolute Gasteiger partial charge is 0.390 e. The first-order valence-corrected chi connectivity index (χ1v) is 8.23. The molecule has 0 aromatic carbocycles. The predicted molar refractivity (Wildman–Crippen MR) is 69.8 cm³/mol. The number of rotatable bonds is 5. The normalized spacial score (nSPS) is 31.6. The molecule has 1 saturated heterocycles. The molecule has 0 bridgehead atoms. The fraction of sp³-hybridized carbons (Fsp3) is 1.00. The van der Waals surface area contributed by atoms with E-state index in [0.29, 0.717) is 18.9 Å². The molecule has 0 aromatic rings. The summed E-state index contributed by atoms with van der Waals surface area (Å²) in [6.07, 6.45) is 2.67. The molecule has 2 unspecified atom stereocenters. The molecular formula is C12H25NO3S. The molecule has 0 spiro atoms. The third kappa shape index (κ3) is 4.56. The molecule has 1 fully saturated rings. The lowest BCUT2D eigenvalue weighted by Gasteiger charge is -2.41. The smallest absolute Gasteiger partial charge is 0.150 e. The molecule has 17 heavy (non-hydrogen) atoms. The summed E-state index contributed by atoms with van der Waals surface area (Å²) in [4.78, 5) is 2.23. The molecule has 0 radical (unpaired) electrons. The fourth-order valence-electron chi connectivity index (χ4n) is 2.41. The van der Waals surface area contributed by atoms with Crippen molar-refractivity contribution in [3.63, 3.8) is 0 Å². The SMILES string of the molecule is CCS(=O)(=O)CCCC1(O)CCN(C)C(C)C1. The van der Waals surface area contributed by atoms with E-state index in [2.05, 4.69) is 18.9 Å². The molecule has 1 N–H and O–H groups in total. The van der Waals surface area contributed by atoms with E-state index >= 15 is 0 Å². The predicted octanol–water partition coefficient (Wildman–Crippen LogP) is 1.05. The molecule has 102 valence electrons. The zero-order chi connectivity index (χ0) is 13.1. The third-order valence-electron chi connectivity index (χ3n) is 3.89. The van der Waals surface area contributed by atoms with Crippen LogP contribution in [0.25, 0.3) is 0 Å². The second-order valence-electron chi connectivity index (χ2n) is 5.35. The fourth-order valence-corrected chi connectivity index (χ4v) is 3.28. The third-order valence-corrected chi connectivity index (χ3v) is 5.69. The van der Waals surface area contributed by atoms with Gasteiger partial charge in [-0.1, -0.05) is 6.92 Å². The average molecular weight is 263 g/mol. The summed E-state index contributed by atoms with van der Waals surface area (Å²) in [5, 5.41) is 10.4. The highest BCUT2D eigenvalue weighted by Crippen LogP contribution is 2.30. The Morgan fingerprint density at radius 3 is 2.65 bits per heavy atom. The molecule has 2 atom stereocenters. The lowest BCUT2D eigenvalue weighted by atomic mass is 9.84. The number of hydrogen-bond donors (Lipinski definition) is 1. The van der Waals surface area contributed by atoms with E-state index in [0.717, 1.165) is 19.4 Å². The van der Waals surface area contributed by atoms with E-state index in [1.807, 2.05) is 0 Å². The molecule has 0 aliphatic carbocycles. The first kappa shape index (κ1) is 14.9. The van der Waals surface area contributed by atoms with Gasteiger partial charge in [0.15, 0.2) is 0 Å². The van der Waals surface area contributed by atoms with Gasteiger partial charge in [0.25, 0.3) is 0 Å². The van der Waals surface area contributed by atoms with Gasteiger partial charge in [0.1, 0.15) is 9.84 Å². The lowest BCUT2D eigenvalue weighted by Crippen LogP contribution is -2.47. The topological polar surface area (TPSA) is 57.6 Å². The number of likely N-dealkylation sites (tertiary alicyclic amines) is 1. The van der Waals surface area contributed by atoms with Crippen molar-refractivity contribution in [2.24, 2.45) is 0 Å². The Kier molecular flexibility index (Phi) is 4.98. The Morgan fingerprint density at radius 2 is 2.12 bits per heavy atom. The maximum absolute atomic E-state index is 11.4. The van der Waals surface area contributed by atoms with E-state index in [9.17, 15) is 13.5 Å². The molecule has 0 aromatic heterocycles. The quantitative estimate of drug-likeness (QED) is 0.805. The van der Waals surface area contributed by atoms with Crippen LogP contribution in [0.4, 0.5) is 0 Å². The van der Waals surface area contributed by atoms with Crippen LogP contribution in [-0.2, 0) is 9.84 Å². The summed E-state index contributed by atoms with van der Waals surface area (Å²) < 4.78 is 22.7. The highest BCUT2D eigenvalue weighted by molar-refractivity contribution is 7.91. The molecule has 0 amide bonds. The van der Waals surface area contributed by atoms with Gasteiger partial charge >= 0.3 is 0 Å². The van der Waals surface area contributed by atoms with Crippen molar-refractivity contribution in [2.75, 3.05) is 25.1 Å². The van der Waals surface area contributed by atoms with Gasteiger partial charge in [-0.15, -0.1) is 0 Å². The molecule has 5 heteroatoms. The van der Waals surface area contributed by atoms with Crippen molar-refractivity contribution >= 4 is 9.84 Å². The van der Waals surface area contributed by atoms with Gasteiger partial charge in [0.05, 0.1) is 11.4 Å². The van der Waals surface area contributed by atoms with Crippen molar-refractivity contribution in [3.05, 3.63) is 0 Å². The summed E-state index contributed by atoms with van der Waals surface area (Å²) in [7, 11) is -0.832. The number of sulfone groups is 1. The van der Waals surface area contributed by atoms with E-state index in [1.54, 1.807) is 6.92 Å². The second kappa shape index (κ2) is 5.67. The van der Waals surface area contributed by atoms with Crippen LogP contribution in [0.3, 0.4) is 0 Å². The Morgan fingerprint density at radius 1 is 1.47 bits per heavy atom. The van der Waals surface area contributed by atoms with E-state index < -0.39 is 15.4 Å². The molecule has 1 aliphatic rings. The van der Waals surface area contributed by atoms with Crippen molar-refractivity contribution in [3.8, 4) is 0 Å². The van der Waals surface area contributed by atoms with Crippen LogP contribution in [0.1, 0.15) is 39.5 Å². The number of piperidine rings is 1. The van der Waals surface area contributed by atoms with Gasteiger partial charge in [-0.2, -0.15) is 0 Å². The first-order chi connectivity index (χ1) is 7.78. The minimum atomic E-state index is -2.89. The summed E-state index contributed by atoms with van der Waals surface area (Å²) >= 11 is 0. The maximum atomic E-state index is 11.4. The van der Waals surface area contributed by atoms with Gasteiger partial charge in [0.2, 0.25) is 0 Å². The number of hydrogen-bond acceptors (Lipinski definition) is 4. The van der Waals surface area contributed by atoms with Gasteiger partial charge in [-0.25, -0.2) is 8.42 Å². The highest BCUT2D eigenvalue weighted by atomic mass is 32.2. The summed E-state index contributed by atoms with van der Waals surface area (Å²) in [5.74, 6) is 0.403. The van der Waals surface area contributed by atoms with E-state index in [4.69, 9.17) is 0 Å². The van der Waals surface area contributed by atoms with Crippen LogP contribution >= 0.6 is 0 Å². The molecular weight excluding hydrogens is 238 g/mol. The van der Waals surface area contributed by atoms with Crippen LogP contribution in [0, 0.1) is 0 Å². The van der Waals surface area contributed by atoms with Gasteiger partial charge in [-0.05, 0) is 39.7 Å². The average Bonchev–Trinajstić information content (AvgIpc) is 2.24. The molecule has 4 nitrogen and oxygen atoms in total. The van der Waals surface area contributed by atoms with E-state index in [1.165, 1.54) is 0 Å². The Bertz CT molecular complexity index is 342. The van der Waals surface area contributed by atoms with Crippen molar-refractivity contribution < 1.29 is 13.5 Å².